The number of ether oxygens (including phenoxy) is 1. The molecule has 3 atom stereocenters. The summed E-state index contributed by atoms with van der Waals surface area (Å²) in [4.78, 5) is 0. The molecule has 1 aromatic rings. The fourth-order valence-corrected chi connectivity index (χ4v) is 2.31. The van der Waals surface area contributed by atoms with Gasteiger partial charge in [-0.15, -0.1) is 0 Å². The minimum atomic E-state index is -0.590. The predicted molar refractivity (Wildman–Crippen MR) is 93.6 cm³/mol. The normalized spacial score (nSPS) is 16.5. The highest BCUT2D eigenvalue weighted by Gasteiger charge is 2.22. The highest BCUT2D eigenvalue weighted by molar-refractivity contribution is 5.13. The number of aliphatic hydroxyl groups excluding tert-OH is 1. The molecule has 0 fully saturated rings. The Morgan fingerprint density at radius 3 is 2.36 bits per heavy atom. The molecule has 0 saturated carbocycles. The van der Waals surface area contributed by atoms with Crippen LogP contribution in [-0.2, 0) is 11.3 Å². The first-order chi connectivity index (χ1) is 10.5. The fraction of sp³-hybridized carbons (Fsp3) is 0.500. The first kappa shape index (κ1) is 18.7. The summed E-state index contributed by atoms with van der Waals surface area (Å²) in [6.45, 7) is 8.93. The lowest BCUT2D eigenvalue weighted by Crippen LogP contribution is -2.32. The minimum absolute atomic E-state index is 0.161. The van der Waals surface area contributed by atoms with E-state index < -0.39 is 6.10 Å². The molecule has 0 saturated heterocycles. The minimum Gasteiger partial charge on any atom is -0.386 e. The molecule has 2 heteroatoms. The maximum Gasteiger partial charge on any atom is 0.0988 e. The van der Waals surface area contributed by atoms with E-state index in [0.717, 1.165) is 12.0 Å². The van der Waals surface area contributed by atoms with Gasteiger partial charge in [0.15, 0.2) is 0 Å². The average Bonchev–Trinajstić information content (AvgIpc) is 2.48. The van der Waals surface area contributed by atoms with Crippen LogP contribution in [0.2, 0.25) is 0 Å². The molecular formula is C20H30O2. The lowest BCUT2D eigenvalue weighted by atomic mass is 9.97. The van der Waals surface area contributed by atoms with Gasteiger partial charge in [-0.25, -0.2) is 0 Å². The summed E-state index contributed by atoms with van der Waals surface area (Å²) in [7, 11) is 0. The van der Waals surface area contributed by atoms with Gasteiger partial charge in [0.05, 0.1) is 18.8 Å². The molecule has 2 nitrogen and oxygen atoms in total. The van der Waals surface area contributed by atoms with Crippen LogP contribution in [0.3, 0.4) is 0 Å². The lowest BCUT2D eigenvalue weighted by molar-refractivity contribution is -0.0456. The van der Waals surface area contributed by atoms with Gasteiger partial charge in [0, 0.05) is 5.92 Å². The number of allylic oxidation sites excluding steroid dienone is 2. The number of rotatable bonds is 9. The number of hydrogen-bond donors (Lipinski definition) is 1. The zero-order chi connectivity index (χ0) is 16.4. The maximum atomic E-state index is 10.3. The van der Waals surface area contributed by atoms with E-state index >= 15 is 0 Å². The van der Waals surface area contributed by atoms with E-state index in [1.165, 1.54) is 0 Å². The summed E-state index contributed by atoms with van der Waals surface area (Å²) in [6, 6.07) is 10.1. The number of benzene rings is 1. The topological polar surface area (TPSA) is 29.5 Å². The van der Waals surface area contributed by atoms with Crippen LogP contribution >= 0.6 is 0 Å². The fourth-order valence-electron chi connectivity index (χ4n) is 2.31. The van der Waals surface area contributed by atoms with E-state index in [2.05, 4.69) is 32.9 Å². The third-order valence-electron chi connectivity index (χ3n) is 3.58. The van der Waals surface area contributed by atoms with Crippen molar-refractivity contribution in [1.29, 1.82) is 0 Å². The van der Waals surface area contributed by atoms with Gasteiger partial charge in [-0.1, -0.05) is 75.4 Å². The first-order valence-electron chi connectivity index (χ1n) is 8.17. The van der Waals surface area contributed by atoms with Gasteiger partial charge in [0.1, 0.15) is 0 Å². The molecule has 0 heterocycles. The molecule has 0 aromatic heterocycles. The van der Waals surface area contributed by atoms with Gasteiger partial charge in [0.25, 0.3) is 0 Å². The van der Waals surface area contributed by atoms with Crippen molar-refractivity contribution in [2.45, 2.75) is 52.9 Å². The molecule has 0 aliphatic carbocycles. The van der Waals surface area contributed by atoms with E-state index in [-0.39, 0.29) is 12.0 Å². The van der Waals surface area contributed by atoms with Crippen LogP contribution in [-0.4, -0.2) is 17.3 Å². The van der Waals surface area contributed by atoms with Crippen LogP contribution < -0.4 is 0 Å². The molecule has 22 heavy (non-hydrogen) atoms. The van der Waals surface area contributed by atoms with Crippen molar-refractivity contribution < 1.29 is 9.84 Å². The van der Waals surface area contributed by atoms with E-state index in [4.69, 9.17) is 4.74 Å². The first-order valence-corrected chi connectivity index (χ1v) is 8.17. The Bertz CT molecular complexity index is 448. The second-order valence-electron chi connectivity index (χ2n) is 6.19. The quantitative estimate of drug-likeness (QED) is 0.667. The summed E-state index contributed by atoms with van der Waals surface area (Å²) in [5.74, 6) is 0.807. The Labute approximate surface area is 135 Å². The van der Waals surface area contributed by atoms with Crippen molar-refractivity contribution in [3.63, 3.8) is 0 Å². The maximum absolute atomic E-state index is 10.3. The average molecular weight is 302 g/mol. The van der Waals surface area contributed by atoms with Crippen molar-refractivity contribution in [3.05, 3.63) is 60.2 Å². The predicted octanol–water partition coefficient (Wildman–Crippen LogP) is 4.75. The van der Waals surface area contributed by atoms with Crippen molar-refractivity contribution >= 4 is 0 Å². The number of aliphatic hydroxyl groups is 1. The lowest BCUT2D eigenvalue weighted by Gasteiger charge is -2.25. The summed E-state index contributed by atoms with van der Waals surface area (Å²) in [6.07, 6.45) is 8.23. The SMILES string of the molecule is C/C=C/[C@@H](O)[C@H](OCc1ccccc1)[C@H](C)/C=C/CC(C)C. The number of hydrogen-bond acceptors (Lipinski definition) is 2. The molecule has 0 aliphatic rings. The van der Waals surface area contributed by atoms with E-state index in [1.807, 2.05) is 43.3 Å². The molecule has 0 aliphatic heterocycles. The standard InChI is InChI=1S/C20H30O2/c1-5-10-19(21)20(17(4)12-9-11-16(2)3)22-15-18-13-7-6-8-14-18/h5-10,12-14,16-17,19-21H,11,15H2,1-4H3/b10-5+,12-9+/t17-,19-,20-/m1/s1. The van der Waals surface area contributed by atoms with Gasteiger partial charge in [-0.05, 0) is 24.8 Å². The summed E-state index contributed by atoms with van der Waals surface area (Å²) >= 11 is 0. The summed E-state index contributed by atoms with van der Waals surface area (Å²) in [5, 5.41) is 10.3. The smallest absolute Gasteiger partial charge is 0.0988 e. The van der Waals surface area contributed by atoms with Crippen molar-refractivity contribution in [3.8, 4) is 0 Å². The Kier molecular flexibility index (Phi) is 8.79. The largest absolute Gasteiger partial charge is 0.386 e. The Morgan fingerprint density at radius 2 is 1.77 bits per heavy atom. The molecule has 1 rings (SSSR count). The molecule has 0 bridgehead atoms. The molecule has 0 spiro atoms. The third kappa shape index (κ3) is 7.06. The van der Waals surface area contributed by atoms with Gasteiger partial charge >= 0.3 is 0 Å². The second kappa shape index (κ2) is 10.4. The summed E-state index contributed by atoms with van der Waals surface area (Å²) < 4.78 is 6.01. The summed E-state index contributed by atoms with van der Waals surface area (Å²) in [5.41, 5.74) is 1.12. The highest BCUT2D eigenvalue weighted by atomic mass is 16.5. The van der Waals surface area contributed by atoms with Crippen molar-refractivity contribution in [2.24, 2.45) is 11.8 Å². The van der Waals surface area contributed by atoms with Crippen LogP contribution in [0.4, 0.5) is 0 Å². The van der Waals surface area contributed by atoms with Crippen molar-refractivity contribution in [2.75, 3.05) is 0 Å². The van der Waals surface area contributed by atoms with Gasteiger partial charge in [-0.3, -0.25) is 0 Å². The van der Waals surface area contributed by atoms with Crippen LogP contribution in [0.1, 0.15) is 39.7 Å². The van der Waals surface area contributed by atoms with Gasteiger partial charge < -0.3 is 9.84 Å². The van der Waals surface area contributed by atoms with Crippen LogP contribution in [0.15, 0.2) is 54.6 Å². The van der Waals surface area contributed by atoms with E-state index in [9.17, 15) is 5.11 Å². The van der Waals surface area contributed by atoms with Crippen LogP contribution in [0.5, 0.6) is 0 Å². The molecule has 1 N–H and O–H groups in total. The van der Waals surface area contributed by atoms with Gasteiger partial charge in [-0.2, -0.15) is 0 Å². The monoisotopic (exact) mass is 302 g/mol. The molecular weight excluding hydrogens is 272 g/mol. The van der Waals surface area contributed by atoms with Crippen molar-refractivity contribution in [1.82, 2.24) is 0 Å². The van der Waals surface area contributed by atoms with Gasteiger partial charge in [0.2, 0.25) is 0 Å². The van der Waals surface area contributed by atoms with Crippen LogP contribution in [0.25, 0.3) is 0 Å². The molecule has 0 amide bonds. The van der Waals surface area contributed by atoms with E-state index in [1.54, 1.807) is 6.08 Å². The Balaban J connectivity index is 2.68. The third-order valence-corrected chi connectivity index (χ3v) is 3.58. The molecule has 1 aromatic carbocycles. The zero-order valence-corrected chi connectivity index (χ0v) is 14.3. The highest BCUT2D eigenvalue weighted by Crippen LogP contribution is 2.18. The van der Waals surface area contributed by atoms with E-state index in [0.29, 0.717) is 12.5 Å². The molecule has 0 radical (unpaired) electrons. The zero-order valence-electron chi connectivity index (χ0n) is 14.3. The molecule has 0 unspecified atom stereocenters. The van der Waals surface area contributed by atoms with Crippen LogP contribution in [0, 0.1) is 11.8 Å². The Hall–Kier alpha value is -1.38. The second-order valence-corrected chi connectivity index (χ2v) is 6.19. The Morgan fingerprint density at radius 1 is 1.09 bits per heavy atom. The molecule has 122 valence electrons.